The van der Waals surface area contributed by atoms with Crippen LogP contribution in [-0.4, -0.2) is 41.2 Å². The van der Waals surface area contributed by atoms with Crippen LogP contribution < -0.4 is 5.56 Å². The van der Waals surface area contributed by atoms with Gasteiger partial charge in [-0.3, -0.25) is 9.59 Å². The van der Waals surface area contributed by atoms with Gasteiger partial charge in [-0.25, -0.2) is 0 Å². The first-order valence-corrected chi connectivity index (χ1v) is 8.21. The fourth-order valence-corrected chi connectivity index (χ4v) is 3.19. The maximum Gasteiger partial charge on any atom is 0.263 e. The number of hydrogen-bond acceptors (Lipinski definition) is 3. The summed E-state index contributed by atoms with van der Waals surface area (Å²) in [6, 6.07) is 3.39. The van der Waals surface area contributed by atoms with E-state index in [1.54, 1.807) is 25.4 Å². The first-order chi connectivity index (χ1) is 10.6. The SMILES string of the molecule is Cn1cccc(C(=O)N(CC2CCC2)C[C@@H]2CCCO2)c1=O. The van der Waals surface area contributed by atoms with Crippen molar-refractivity contribution < 1.29 is 9.53 Å². The van der Waals surface area contributed by atoms with Crippen LogP contribution >= 0.6 is 0 Å². The number of aromatic nitrogens is 1. The summed E-state index contributed by atoms with van der Waals surface area (Å²) < 4.78 is 7.14. The molecule has 2 fully saturated rings. The molecule has 0 aromatic carbocycles. The average Bonchev–Trinajstić information content (AvgIpc) is 2.96. The number of ether oxygens (including phenoxy) is 1. The predicted molar refractivity (Wildman–Crippen MR) is 83.9 cm³/mol. The minimum Gasteiger partial charge on any atom is -0.376 e. The molecule has 120 valence electrons. The maximum atomic E-state index is 12.8. The van der Waals surface area contributed by atoms with Crippen LogP contribution in [0.5, 0.6) is 0 Å². The molecule has 1 atom stereocenters. The van der Waals surface area contributed by atoms with E-state index in [0.29, 0.717) is 12.5 Å². The van der Waals surface area contributed by atoms with E-state index >= 15 is 0 Å². The van der Waals surface area contributed by atoms with Gasteiger partial charge in [-0.2, -0.15) is 0 Å². The lowest BCUT2D eigenvalue weighted by molar-refractivity contribution is 0.0446. The molecule has 1 saturated heterocycles. The molecule has 0 N–H and O–H groups in total. The topological polar surface area (TPSA) is 51.5 Å². The molecule has 0 spiro atoms. The third kappa shape index (κ3) is 3.24. The molecular weight excluding hydrogens is 280 g/mol. The first-order valence-electron chi connectivity index (χ1n) is 8.21. The van der Waals surface area contributed by atoms with Crippen molar-refractivity contribution in [2.45, 2.75) is 38.2 Å². The number of carbonyl (C=O) groups is 1. The van der Waals surface area contributed by atoms with Crippen molar-refractivity contribution in [2.24, 2.45) is 13.0 Å². The first kappa shape index (κ1) is 15.3. The molecule has 3 rings (SSSR count). The molecular formula is C17H24N2O3. The Kier molecular flexibility index (Phi) is 4.62. The Morgan fingerprint density at radius 1 is 1.32 bits per heavy atom. The second-order valence-electron chi connectivity index (χ2n) is 6.48. The van der Waals surface area contributed by atoms with Crippen molar-refractivity contribution >= 4 is 5.91 Å². The van der Waals surface area contributed by atoms with E-state index in [-0.39, 0.29) is 23.1 Å². The minimum atomic E-state index is -0.224. The van der Waals surface area contributed by atoms with E-state index in [1.165, 1.54) is 23.8 Å². The highest BCUT2D eigenvalue weighted by Gasteiger charge is 2.29. The molecule has 1 saturated carbocycles. The van der Waals surface area contributed by atoms with Crippen molar-refractivity contribution in [3.05, 3.63) is 34.2 Å². The molecule has 22 heavy (non-hydrogen) atoms. The summed E-state index contributed by atoms with van der Waals surface area (Å²) in [6.45, 7) is 2.13. The zero-order valence-electron chi connectivity index (χ0n) is 13.2. The Balaban J connectivity index is 1.78. The van der Waals surface area contributed by atoms with Gasteiger partial charge in [-0.15, -0.1) is 0 Å². The Labute approximate surface area is 130 Å². The molecule has 0 unspecified atom stereocenters. The molecule has 2 aliphatic rings. The Bertz CT molecular complexity index is 586. The summed E-state index contributed by atoms with van der Waals surface area (Å²) in [5, 5.41) is 0. The van der Waals surface area contributed by atoms with Gasteiger partial charge in [0.2, 0.25) is 0 Å². The molecule has 0 bridgehead atoms. The van der Waals surface area contributed by atoms with Crippen molar-refractivity contribution in [3.63, 3.8) is 0 Å². The van der Waals surface area contributed by atoms with Gasteiger partial charge in [-0.1, -0.05) is 6.42 Å². The zero-order chi connectivity index (χ0) is 15.5. The number of nitrogens with zero attached hydrogens (tertiary/aromatic N) is 2. The van der Waals surface area contributed by atoms with E-state index in [4.69, 9.17) is 4.74 Å². The number of rotatable bonds is 5. The molecule has 1 aliphatic carbocycles. The fraction of sp³-hybridized carbons (Fsp3) is 0.647. The highest BCUT2D eigenvalue weighted by atomic mass is 16.5. The van der Waals surface area contributed by atoms with Gasteiger partial charge in [0.25, 0.3) is 11.5 Å². The molecule has 0 radical (unpaired) electrons. The van der Waals surface area contributed by atoms with Gasteiger partial charge in [0.15, 0.2) is 0 Å². The van der Waals surface area contributed by atoms with Crippen LogP contribution in [0.4, 0.5) is 0 Å². The highest BCUT2D eigenvalue weighted by molar-refractivity contribution is 5.93. The van der Waals surface area contributed by atoms with Crippen LogP contribution in [0.2, 0.25) is 0 Å². The second kappa shape index (κ2) is 6.65. The normalized spacial score (nSPS) is 21.6. The van der Waals surface area contributed by atoms with E-state index in [1.807, 2.05) is 4.90 Å². The number of carbonyl (C=O) groups excluding carboxylic acids is 1. The predicted octanol–water partition coefficient (Wildman–Crippen LogP) is 1.81. The molecule has 5 nitrogen and oxygen atoms in total. The van der Waals surface area contributed by atoms with Crippen LogP contribution in [0.3, 0.4) is 0 Å². The van der Waals surface area contributed by atoms with E-state index in [9.17, 15) is 9.59 Å². The quantitative estimate of drug-likeness (QED) is 0.833. The van der Waals surface area contributed by atoms with Gasteiger partial charge < -0.3 is 14.2 Å². The van der Waals surface area contributed by atoms with Gasteiger partial charge in [0, 0.05) is 32.9 Å². The van der Waals surface area contributed by atoms with E-state index < -0.39 is 0 Å². The lowest BCUT2D eigenvalue weighted by atomic mass is 9.85. The molecule has 2 heterocycles. The summed E-state index contributed by atoms with van der Waals surface area (Å²) >= 11 is 0. The molecule has 1 amide bonds. The largest absolute Gasteiger partial charge is 0.376 e. The number of hydrogen-bond donors (Lipinski definition) is 0. The summed E-state index contributed by atoms with van der Waals surface area (Å²) in [7, 11) is 1.68. The maximum absolute atomic E-state index is 12.8. The van der Waals surface area contributed by atoms with Crippen LogP contribution in [0, 0.1) is 5.92 Å². The lowest BCUT2D eigenvalue weighted by Crippen LogP contribution is -2.43. The molecule has 5 heteroatoms. The fourth-order valence-electron chi connectivity index (χ4n) is 3.19. The van der Waals surface area contributed by atoms with Crippen LogP contribution in [-0.2, 0) is 11.8 Å². The van der Waals surface area contributed by atoms with Crippen LogP contribution in [0.15, 0.2) is 23.1 Å². The van der Waals surface area contributed by atoms with Crippen molar-refractivity contribution in [1.82, 2.24) is 9.47 Å². The number of aryl methyl sites for hydroxylation is 1. The van der Waals surface area contributed by atoms with Crippen LogP contribution in [0.1, 0.15) is 42.5 Å². The monoisotopic (exact) mass is 304 g/mol. The Morgan fingerprint density at radius 2 is 2.14 bits per heavy atom. The standard InChI is InChI=1S/C17H24N2O3/c1-18-9-3-8-15(16(18)20)17(21)19(11-13-5-2-6-13)12-14-7-4-10-22-14/h3,8-9,13-14H,2,4-7,10-12H2,1H3/t14-/m0/s1. The van der Waals surface area contributed by atoms with Gasteiger partial charge in [0.05, 0.1) is 6.10 Å². The Morgan fingerprint density at radius 3 is 2.77 bits per heavy atom. The van der Waals surface area contributed by atoms with Gasteiger partial charge in [0.1, 0.15) is 5.56 Å². The molecule has 1 aromatic rings. The van der Waals surface area contributed by atoms with Crippen molar-refractivity contribution in [3.8, 4) is 0 Å². The number of pyridine rings is 1. The summed E-state index contributed by atoms with van der Waals surface area (Å²) in [5.74, 6) is 0.432. The Hall–Kier alpha value is -1.62. The van der Waals surface area contributed by atoms with Gasteiger partial charge >= 0.3 is 0 Å². The summed E-state index contributed by atoms with van der Waals surface area (Å²) in [5.41, 5.74) is 0.0424. The molecule has 1 aromatic heterocycles. The number of amides is 1. The van der Waals surface area contributed by atoms with E-state index in [0.717, 1.165) is 26.0 Å². The third-order valence-electron chi connectivity index (χ3n) is 4.79. The van der Waals surface area contributed by atoms with Crippen molar-refractivity contribution in [1.29, 1.82) is 0 Å². The van der Waals surface area contributed by atoms with Crippen molar-refractivity contribution in [2.75, 3.05) is 19.7 Å². The summed E-state index contributed by atoms with van der Waals surface area (Å²) in [4.78, 5) is 26.9. The van der Waals surface area contributed by atoms with E-state index in [2.05, 4.69) is 0 Å². The zero-order valence-corrected chi connectivity index (χ0v) is 13.2. The van der Waals surface area contributed by atoms with Crippen LogP contribution in [0.25, 0.3) is 0 Å². The smallest absolute Gasteiger partial charge is 0.263 e. The lowest BCUT2D eigenvalue weighted by Gasteiger charge is -2.33. The van der Waals surface area contributed by atoms with Gasteiger partial charge in [-0.05, 0) is 43.7 Å². The second-order valence-corrected chi connectivity index (χ2v) is 6.48. The molecule has 1 aliphatic heterocycles. The highest BCUT2D eigenvalue weighted by Crippen LogP contribution is 2.28. The summed E-state index contributed by atoms with van der Waals surface area (Å²) in [6.07, 6.45) is 7.47. The minimum absolute atomic E-state index is 0.122. The third-order valence-corrected chi connectivity index (χ3v) is 4.79. The average molecular weight is 304 g/mol.